The Balaban J connectivity index is 2.07. The summed E-state index contributed by atoms with van der Waals surface area (Å²) in [7, 11) is 0. The van der Waals surface area contributed by atoms with Crippen LogP contribution in [-0.2, 0) is 5.41 Å². The van der Waals surface area contributed by atoms with Crippen molar-refractivity contribution in [3.8, 4) is 5.75 Å². The fourth-order valence-corrected chi connectivity index (χ4v) is 3.09. The Labute approximate surface area is 111 Å². The normalized spacial score (nSPS) is 29.3. The minimum atomic E-state index is -0.348. The average Bonchev–Trinajstić information content (AvgIpc) is 2.58. The molecule has 3 aliphatic rings. The molecule has 4 rings (SSSR count). The minimum absolute atomic E-state index is 0.203. The second-order valence-electron chi connectivity index (χ2n) is 5.16. The van der Waals surface area contributed by atoms with E-state index in [1.54, 1.807) is 12.2 Å². The van der Waals surface area contributed by atoms with Gasteiger partial charge in [-0.05, 0) is 36.8 Å². The van der Waals surface area contributed by atoms with Gasteiger partial charge in [-0.25, -0.2) is 0 Å². The van der Waals surface area contributed by atoms with Crippen molar-refractivity contribution < 1.29 is 9.84 Å². The van der Waals surface area contributed by atoms with Gasteiger partial charge in [-0.1, -0.05) is 12.1 Å². The number of ether oxygens (including phenoxy) is 1. The van der Waals surface area contributed by atoms with Crippen molar-refractivity contribution in [3.63, 3.8) is 0 Å². The third-order valence-corrected chi connectivity index (χ3v) is 4.08. The van der Waals surface area contributed by atoms with Crippen LogP contribution in [0.15, 0.2) is 53.4 Å². The fraction of sp³-hybridized carbons (Fsp3) is 0.188. The largest absolute Gasteiger partial charge is 0.508 e. The summed E-state index contributed by atoms with van der Waals surface area (Å²) in [6, 6.07) is 4.05. The van der Waals surface area contributed by atoms with Gasteiger partial charge in [0.05, 0.1) is 5.41 Å². The molecule has 2 heterocycles. The lowest BCUT2D eigenvalue weighted by Crippen LogP contribution is -2.35. The molecule has 19 heavy (non-hydrogen) atoms. The summed E-state index contributed by atoms with van der Waals surface area (Å²) in [4.78, 5) is 4.33. The summed E-state index contributed by atoms with van der Waals surface area (Å²) in [6.07, 6.45) is 11.0. The van der Waals surface area contributed by atoms with E-state index < -0.39 is 0 Å². The monoisotopic (exact) mass is 251 g/mol. The highest BCUT2D eigenvalue weighted by Crippen LogP contribution is 2.50. The van der Waals surface area contributed by atoms with Crippen molar-refractivity contribution in [2.75, 3.05) is 0 Å². The van der Waals surface area contributed by atoms with Crippen molar-refractivity contribution in [1.29, 1.82) is 0 Å². The van der Waals surface area contributed by atoms with Crippen molar-refractivity contribution in [1.82, 2.24) is 0 Å². The Hall–Kier alpha value is -2.29. The Kier molecular flexibility index (Phi) is 1.89. The third-order valence-electron chi connectivity index (χ3n) is 4.08. The van der Waals surface area contributed by atoms with E-state index >= 15 is 0 Å². The van der Waals surface area contributed by atoms with Crippen molar-refractivity contribution in [2.24, 2.45) is 4.99 Å². The molecular weight excluding hydrogens is 238 g/mol. The lowest BCUT2D eigenvalue weighted by molar-refractivity contribution is 0.232. The second kappa shape index (κ2) is 3.38. The second-order valence-corrected chi connectivity index (χ2v) is 5.16. The number of allylic oxidation sites excluding steroid dienone is 1. The maximum absolute atomic E-state index is 9.70. The van der Waals surface area contributed by atoms with Crippen LogP contribution in [0.4, 0.5) is 0 Å². The zero-order valence-corrected chi connectivity index (χ0v) is 10.5. The third kappa shape index (κ3) is 1.24. The van der Waals surface area contributed by atoms with Gasteiger partial charge in [0, 0.05) is 23.5 Å². The first-order valence-corrected chi connectivity index (χ1v) is 6.32. The highest BCUT2D eigenvalue weighted by molar-refractivity contribution is 5.88. The molecule has 2 unspecified atom stereocenters. The summed E-state index contributed by atoms with van der Waals surface area (Å²) >= 11 is 0. The number of hydrogen-bond donors (Lipinski definition) is 1. The Morgan fingerprint density at radius 1 is 1.32 bits per heavy atom. The zero-order valence-electron chi connectivity index (χ0n) is 10.5. The number of nitrogens with zero attached hydrogens (tertiary/aromatic N) is 1. The van der Waals surface area contributed by atoms with Gasteiger partial charge in [-0.3, -0.25) is 4.99 Å². The number of aliphatic hydroxyl groups is 1. The smallest absolute Gasteiger partial charge is 0.137 e. The van der Waals surface area contributed by atoms with Gasteiger partial charge in [0.1, 0.15) is 17.6 Å². The molecule has 2 aliphatic heterocycles. The molecule has 1 aliphatic carbocycles. The highest BCUT2D eigenvalue weighted by atomic mass is 16.5. The maximum atomic E-state index is 9.70. The van der Waals surface area contributed by atoms with Crippen LogP contribution in [0.3, 0.4) is 0 Å². The molecule has 0 bridgehead atoms. The lowest BCUT2D eigenvalue weighted by atomic mass is 9.72. The van der Waals surface area contributed by atoms with Crippen LogP contribution in [0.2, 0.25) is 0 Å². The molecule has 0 amide bonds. The first kappa shape index (κ1) is 10.6. The van der Waals surface area contributed by atoms with E-state index in [1.165, 1.54) is 5.56 Å². The van der Waals surface area contributed by atoms with E-state index in [1.807, 2.05) is 30.6 Å². The van der Waals surface area contributed by atoms with Gasteiger partial charge in [0.2, 0.25) is 0 Å². The predicted molar refractivity (Wildman–Crippen MR) is 73.9 cm³/mol. The van der Waals surface area contributed by atoms with Crippen LogP contribution in [0.5, 0.6) is 5.75 Å². The fourth-order valence-electron chi connectivity index (χ4n) is 3.09. The number of rotatable bonds is 0. The van der Waals surface area contributed by atoms with E-state index in [2.05, 4.69) is 18.0 Å². The molecule has 0 aromatic heterocycles. The summed E-state index contributed by atoms with van der Waals surface area (Å²) in [5.74, 6) is 1.12. The molecule has 2 atom stereocenters. The molecule has 1 N–H and O–H groups in total. The molecule has 3 nitrogen and oxygen atoms in total. The molecule has 3 heteroatoms. The van der Waals surface area contributed by atoms with E-state index in [-0.39, 0.29) is 17.3 Å². The number of aliphatic imine (C=N–C) groups is 1. The Morgan fingerprint density at radius 3 is 3.11 bits per heavy atom. The quantitative estimate of drug-likeness (QED) is 0.770. The van der Waals surface area contributed by atoms with Crippen LogP contribution in [0.1, 0.15) is 16.7 Å². The summed E-state index contributed by atoms with van der Waals surface area (Å²) < 4.78 is 6.01. The Morgan fingerprint density at radius 2 is 2.21 bits per heavy atom. The van der Waals surface area contributed by atoms with Gasteiger partial charge < -0.3 is 9.84 Å². The maximum Gasteiger partial charge on any atom is 0.137 e. The SMILES string of the molecule is Cc1ccc2c3c1C=NC=CC31C=CC(O)=CC1O2. The first-order chi connectivity index (χ1) is 9.21. The summed E-state index contributed by atoms with van der Waals surface area (Å²) in [5, 5.41) is 9.70. The van der Waals surface area contributed by atoms with Crippen molar-refractivity contribution in [2.45, 2.75) is 18.4 Å². The zero-order chi connectivity index (χ0) is 13.0. The van der Waals surface area contributed by atoms with Gasteiger partial charge in [-0.2, -0.15) is 0 Å². The topological polar surface area (TPSA) is 41.8 Å². The lowest BCUT2D eigenvalue weighted by Gasteiger charge is -2.29. The molecular formula is C16H13NO2. The standard InChI is InChI=1S/C16H13NO2/c1-10-2-3-13-15-12(10)9-17-7-6-16(15)5-4-11(18)8-14(16)19-13/h2-9,14,18H,1H3. The molecule has 0 radical (unpaired) electrons. The van der Waals surface area contributed by atoms with Crippen LogP contribution in [0, 0.1) is 6.92 Å². The van der Waals surface area contributed by atoms with Gasteiger partial charge in [0.25, 0.3) is 0 Å². The van der Waals surface area contributed by atoms with Crippen LogP contribution in [-0.4, -0.2) is 17.4 Å². The molecule has 1 spiro atoms. The van der Waals surface area contributed by atoms with E-state index in [9.17, 15) is 5.11 Å². The van der Waals surface area contributed by atoms with Gasteiger partial charge >= 0.3 is 0 Å². The van der Waals surface area contributed by atoms with Crippen LogP contribution in [0.25, 0.3) is 0 Å². The average molecular weight is 251 g/mol. The molecule has 0 saturated carbocycles. The number of benzene rings is 1. The molecule has 0 saturated heterocycles. The minimum Gasteiger partial charge on any atom is -0.508 e. The van der Waals surface area contributed by atoms with Crippen LogP contribution < -0.4 is 4.74 Å². The summed E-state index contributed by atoms with van der Waals surface area (Å²) in [5.41, 5.74) is 3.10. The predicted octanol–water partition coefficient (Wildman–Crippen LogP) is 2.95. The molecule has 94 valence electrons. The van der Waals surface area contributed by atoms with Gasteiger partial charge in [-0.15, -0.1) is 0 Å². The number of aryl methyl sites for hydroxylation is 1. The Bertz CT molecular complexity index is 697. The van der Waals surface area contributed by atoms with Crippen LogP contribution >= 0.6 is 0 Å². The van der Waals surface area contributed by atoms with Gasteiger partial charge in [0.15, 0.2) is 0 Å². The van der Waals surface area contributed by atoms with Crippen molar-refractivity contribution in [3.05, 3.63) is 65.1 Å². The molecule has 1 aromatic carbocycles. The first-order valence-electron chi connectivity index (χ1n) is 6.32. The molecule has 1 aromatic rings. The van der Waals surface area contributed by atoms with E-state index in [0.29, 0.717) is 0 Å². The highest BCUT2D eigenvalue weighted by Gasteiger charge is 2.48. The van der Waals surface area contributed by atoms with E-state index in [4.69, 9.17) is 4.74 Å². The van der Waals surface area contributed by atoms with E-state index in [0.717, 1.165) is 16.9 Å². The molecule has 0 fully saturated rings. The number of aliphatic hydroxyl groups excluding tert-OH is 1. The number of hydrogen-bond acceptors (Lipinski definition) is 3. The summed E-state index contributed by atoms with van der Waals surface area (Å²) in [6.45, 7) is 2.08. The van der Waals surface area contributed by atoms with Crippen molar-refractivity contribution >= 4 is 6.21 Å².